The third-order valence-electron chi connectivity index (χ3n) is 2.84. The van der Waals surface area contributed by atoms with Crippen LogP contribution in [0.3, 0.4) is 0 Å². The molecule has 1 N–H and O–H groups in total. The van der Waals surface area contributed by atoms with Gasteiger partial charge in [-0.3, -0.25) is 0 Å². The van der Waals surface area contributed by atoms with Crippen LogP contribution < -0.4 is 4.90 Å². The van der Waals surface area contributed by atoms with Crippen molar-refractivity contribution in [3.05, 3.63) is 35.9 Å². The van der Waals surface area contributed by atoms with Crippen molar-refractivity contribution in [3.63, 3.8) is 0 Å². The molecular weight excluding hydrogens is 226 g/mol. The van der Waals surface area contributed by atoms with Gasteiger partial charge in [-0.15, -0.1) is 0 Å². The van der Waals surface area contributed by atoms with Crippen LogP contribution in [0, 0.1) is 0 Å². The summed E-state index contributed by atoms with van der Waals surface area (Å²) in [6.45, 7) is 6.39. The monoisotopic (exact) mass is 247 g/mol. The van der Waals surface area contributed by atoms with Crippen LogP contribution in [0.4, 0.5) is 5.69 Å². The quantitative estimate of drug-likeness (QED) is 0.751. The van der Waals surface area contributed by atoms with E-state index in [2.05, 4.69) is 18.7 Å². The molecule has 0 fully saturated rings. The van der Waals surface area contributed by atoms with Crippen LogP contribution in [0.1, 0.15) is 32.3 Å². The van der Waals surface area contributed by atoms with E-state index in [9.17, 15) is 4.79 Å². The predicted molar refractivity (Wildman–Crippen MR) is 75.9 cm³/mol. The zero-order valence-corrected chi connectivity index (χ0v) is 11.1. The van der Waals surface area contributed by atoms with Crippen LogP contribution in [0.5, 0.6) is 0 Å². The van der Waals surface area contributed by atoms with E-state index in [0.29, 0.717) is 0 Å². The van der Waals surface area contributed by atoms with Gasteiger partial charge >= 0.3 is 5.97 Å². The highest BCUT2D eigenvalue weighted by molar-refractivity contribution is 5.85. The van der Waals surface area contributed by atoms with E-state index in [1.807, 2.05) is 24.3 Å². The molecule has 0 aliphatic carbocycles. The van der Waals surface area contributed by atoms with Gasteiger partial charge in [0.1, 0.15) is 0 Å². The molecule has 0 aromatic heterocycles. The average Bonchev–Trinajstić information content (AvgIpc) is 2.38. The molecule has 1 rings (SSSR count). The summed E-state index contributed by atoms with van der Waals surface area (Å²) in [5.41, 5.74) is 2.10. The molecule has 0 saturated carbocycles. The summed E-state index contributed by atoms with van der Waals surface area (Å²) in [4.78, 5) is 12.7. The number of hydrogen-bond donors (Lipinski definition) is 1. The molecule has 0 heterocycles. The Labute approximate surface area is 109 Å². The fourth-order valence-corrected chi connectivity index (χ4v) is 1.78. The van der Waals surface area contributed by atoms with Crippen molar-refractivity contribution in [1.29, 1.82) is 0 Å². The van der Waals surface area contributed by atoms with Gasteiger partial charge in [0.2, 0.25) is 0 Å². The molecule has 0 unspecified atom stereocenters. The summed E-state index contributed by atoms with van der Waals surface area (Å²) < 4.78 is 0. The second kappa shape index (κ2) is 7.54. The van der Waals surface area contributed by atoms with Crippen molar-refractivity contribution in [3.8, 4) is 0 Å². The number of carboxylic acids is 1. The van der Waals surface area contributed by atoms with Gasteiger partial charge in [-0.2, -0.15) is 0 Å². The van der Waals surface area contributed by atoms with E-state index in [1.54, 1.807) is 6.08 Å². The number of carboxylic acid groups (broad SMARTS) is 1. The van der Waals surface area contributed by atoms with E-state index in [4.69, 9.17) is 5.11 Å². The Morgan fingerprint density at radius 2 is 1.94 bits per heavy atom. The number of rotatable bonds is 7. The lowest BCUT2D eigenvalue weighted by Gasteiger charge is -2.22. The number of carbonyl (C=O) groups is 1. The van der Waals surface area contributed by atoms with Crippen molar-refractivity contribution in [2.45, 2.75) is 26.7 Å². The number of unbranched alkanes of at least 4 members (excludes halogenated alkanes) is 1. The smallest absolute Gasteiger partial charge is 0.328 e. The van der Waals surface area contributed by atoms with Crippen molar-refractivity contribution >= 4 is 17.7 Å². The molecule has 0 spiro atoms. The fraction of sp³-hybridized carbons (Fsp3) is 0.400. The maximum atomic E-state index is 10.4. The van der Waals surface area contributed by atoms with E-state index in [0.717, 1.165) is 24.7 Å². The molecule has 0 radical (unpaired) electrons. The summed E-state index contributed by atoms with van der Waals surface area (Å²) in [5.74, 6) is -0.919. The van der Waals surface area contributed by atoms with Gasteiger partial charge in [0.15, 0.2) is 0 Å². The minimum atomic E-state index is -0.919. The first-order valence-electron chi connectivity index (χ1n) is 6.43. The zero-order chi connectivity index (χ0) is 13.4. The summed E-state index contributed by atoms with van der Waals surface area (Å²) in [5, 5.41) is 8.56. The molecule has 3 heteroatoms. The van der Waals surface area contributed by atoms with E-state index < -0.39 is 5.97 Å². The second-order valence-corrected chi connectivity index (χ2v) is 4.20. The van der Waals surface area contributed by atoms with E-state index >= 15 is 0 Å². The summed E-state index contributed by atoms with van der Waals surface area (Å²) in [6.07, 6.45) is 5.14. The van der Waals surface area contributed by atoms with Crippen molar-refractivity contribution in [2.24, 2.45) is 0 Å². The Hall–Kier alpha value is -1.77. The Bertz CT molecular complexity index is 395. The Kier molecular flexibility index (Phi) is 5.98. The number of hydrogen-bond acceptors (Lipinski definition) is 2. The molecule has 0 aliphatic heterocycles. The average molecular weight is 247 g/mol. The SMILES string of the molecule is CCCCN(CC)c1ccc(/C=C/C(=O)O)cc1. The highest BCUT2D eigenvalue weighted by Crippen LogP contribution is 2.16. The highest BCUT2D eigenvalue weighted by Gasteiger charge is 2.02. The van der Waals surface area contributed by atoms with Crippen LogP contribution in [0.15, 0.2) is 30.3 Å². The third kappa shape index (κ3) is 4.62. The molecule has 0 amide bonds. The summed E-state index contributed by atoms with van der Waals surface area (Å²) >= 11 is 0. The second-order valence-electron chi connectivity index (χ2n) is 4.20. The standard InChI is InChI=1S/C15H21NO2/c1-3-5-12-16(4-2)14-9-6-13(7-10-14)8-11-15(17)18/h6-11H,3-5,12H2,1-2H3,(H,17,18)/b11-8+. The van der Waals surface area contributed by atoms with Gasteiger partial charge < -0.3 is 10.0 Å². The van der Waals surface area contributed by atoms with Gasteiger partial charge in [-0.05, 0) is 37.1 Å². The number of aliphatic carboxylic acids is 1. The van der Waals surface area contributed by atoms with Crippen LogP contribution in [0.2, 0.25) is 0 Å². The van der Waals surface area contributed by atoms with Crippen molar-refractivity contribution < 1.29 is 9.90 Å². The predicted octanol–water partition coefficient (Wildman–Crippen LogP) is 3.41. The number of anilines is 1. The normalized spacial score (nSPS) is 10.8. The van der Waals surface area contributed by atoms with Crippen LogP contribution in [-0.2, 0) is 4.79 Å². The van der Waals surface area contributed by atoms with Crippen LogP contribution in [-0.4, -0.2) is 24.2 Å². The first-order chi connectivity index (χ1) is 8.67. The van der Waals surface area contributed by atoms with E-state index in [1.165, 1.54) is 18.5 Å². The molecule has 0 saturated heterocycles. The lowest BCUT2D eigenvalue weighted by atomic mass is 10.1. The first-order valence-corrected chi connectivity index (χ1v) is 6.43. The molecular formula is C15H21NO2. The molecule has 18 heavy (non-hydrogen) atoms. The minimum absolute atomic E-state index is 0.910. The first kappa shape index (κ1) is 14.3. The Morgan fingerprint density at radius 1 is 1.28 bits per heavy atom. The summed E-state index contributed by atoms with van der Waals surface area (Å²) in [6, 6.07) is 7.98. The largest absolute Gasteiger partial charge is 0.478 e. The highest BCUT2D eigenvalue weighted by atomic mass is 16.4. The molecule has 0 atom stereocenters. The van der Waals surface area contributed by atoms with Gasteiger partial charge in [-0.1, -0.05) is 25.5 Å². The lowest BCUT2D eigenvalue weighted by molar-refractivity contribution is -0.131. The minimum Gasteiger partial charge on any atom is -0.478 e. The molecule has 0 aliphatic rings. The molecule has 98 valence electrons. The molecule has 0 bridgehead atoms. The van der Waals surface area contributed by atoms with Crippen LogP contribution >= 0.6 is 0 Å². The van der Waals surface area contributed by atoms with Crippen molar-refractivity contribution in [2.75, 3.05) is 18.0 Å². The van der Waals surface area contributed by atoms with Crippen molar-refractivity contribution in [1.82, 2.24) is 0 Å². The number of benzene rings is 1. The number of nitrogens with zero attached hydrogens (tertiary/aromatic N) is 1. The van der Waals surface area contributed by atoms with Gasteiger partial charge in [0, 0.05) is 24.9 Å². The maximum Gasteiger partial charge on any atom is 0.328 e. The molecule has 1 aromatic rings. The summed E-state index contributed by atoms with van der Waals surface area (Å²) in [7, 11) is 0. The molecule has 3 nitrogen and oxygen atoms in total. The molecule has 1 aromatic carbocycles. The topological polar surface area (TPSA) is 40.5 Å². The van der Waals surface area contributed by atoms with Gasteiger partial charge in [0.25, 0.3) is 0 Å². The fourth-order valence-electron chi connectivity index (χ4n) is 1.78. The van der Waals surface area contributed by atoms with Gasteiger partial charge in [-0.25, -0.2) is 4.79 Å². The third-order valence-corrected chi connectivity index (χ3v) is 2.84. The Balaban J connectivity index is 2.71. The zero-order valence-electron chi connectivity index (χ0n) is 11.1. The maximum absolute atomic E-state index is 10.4. The lowest BCUT2D eigenvalue weighted by Crippen LogP contribution is -2.23. The Morgan fingerprint density at radius 3 is 2.44 bits per heavy atom. The van der Waals surface area contributed by atoms with E-state index in [-0.39, 0.29) is 0 Å². The van der Waals surface area contributed by atoms with Gasteiger partial charge in [0.05, 0.1) is 0 Å². The van der Waals surface area contributed by atoms with Crippen LogP contribution in [0.25, 0.3) is 6.08 Å².